The monoisotopic (exact) mass is 377 g/mol. The second kappa shape index (κ2) is 8.91. The number of nitrogens with zero attached hydrogens (tertiary/aromatic N) is 2. The molecule has 5 nitrogen and oxygen atoms in total. The lowest BCUT2D eigenvalue weighted by Crippen LogP contribution is -2.35. The van der Waals surface area contributed by atoms with Crippen LogP contribution in [0.1, 0.15) is 43.7 Å². The fourth-order valence-electron chi connectivity index (χ4n) is 2.85. The van der Waals surface area contributed by atoms with E-state index in [4.69, 9.17) is 0 Å². The molecule has 0 unspecified atom stereocenters. The van der Waals surface area contributed by atoms with Gasteiger partial charge in [-0.25, -0.2) is 0 Å². The van der Waals surface area contributed by atoms with Crippen molar-refractivity contribution in [3.8, 4) is 0 Å². The van der Waals surface area contributed by atoms with Crippen molar-refractivity contribution in [2.24, 2.45) is 0 Å². The van der Waals surface area contributed by atoms with E-state index in [1.165, 1.54) is 5.56 Å². The lowest BCUT2D eigenvalue weighted by atomic mass is 9.86. The maximum Gasteiger partial charge on any atom is 0.233 e. The molecule has 1 fully saturated rings. The highest BCUT2D eigenvalue weighted by Crippen LogP contribution is 2.39. The Morgan fingerprint density at radius 2 is 1.92 bits per heavy atom. The molecular weight excluding hydrogens is 346 g/mol. The van der Waals surface area contributed by atoms with Gasteiger partial charge in [0.25, 0.3) is 0 Å². The van der Waals surface area contributed by atoms with Crippen LogP contribution in [0, 0.1) is 0 Å². The second-order valence-electron chi connectivity index (χ2n) is 8.03. The molecule has 1 heterocycles. The Labute approximate surface area is 161 Å². The van der Waals surface area contributed by atoms with Gasteiger partial charge < -0.3 is 15.1 Å². The van der Waals surface area contributed by atoms with Gasteiger partial charge in [0.1, 0.15) is 5.37 Å². The quantitative estimate of drug-likeness (QED) is 0.794. The fraction of sp³-hybridized carbons (Fsp3) is 0.600. The van der Waals surface area contributed by atoms with Crippen LogP contribution in [-0.2, 0) is 15.0 Å². The number of hydrogen-bond donors (Lipinski definition) is 1. The number of carbonyl (C=O) groups excluding carboxylic acids is 2. The topological polar surface area (TPSA) is 52.7 Å². The van der Waals surface area contributed by atoms with Crippen LogP contribution in [0.5, 0.6) is 0 Å². The van der Waals surface area contributed by atoms with Gasteiger partial charge in [0.2, 0.25) is 11.8 Å². The van der Waals surface area contributed by atoms with Crippen LogP contribution >= 0.6 is 11.8 Å². The number of amides is 2. The van der Waals surface area contributed by atoms with Gasteiger partial charge in [-0.3, -0.25) is 9.59 Å². The smallest absolute Gasteiger partial charge is 0.233 e. The van der Waals surface area contributed by atoms with Gasteiger partial charge in [0.05, 0.1) is 5.75 Å². The molecule has 26 heavy (non-hydrogen) atoms. The van der Waals surface area contributed by atoms with Crippen molar-refractivity contribution in [2.75, 3.05) is 39.5 Å². The third-order valence-corrected chi connectivity index (χ3v) is 5.75. The molecule has 1 aromatic rings. The van der Waals surface area contributed by atoms with Crippen LogP contribution < -0.4 is 5.32 Å². The van der Waals surface area contributed by atoms with Crippen LogP contribution in [0.4, 0.5) is 0 Å². The molecule has 1 aliphatic rings. The molecule has 0 aromatic heterocycles. The number of thioether (sulfide) groups is 1. The third-order valence-electron chi connectivity index (χ3n) is 4.49. The minimum atomic E-state index is -0.00150. The van der Waals surface area contributed by atoms with Crippen molar-refractivity contribution >= 4 is 23.6 Å². The van der Waals surface area contributed by atoms with Crippen LogP contribution in [0.25, 0.3) is 0 Å². The lowest BCUT2D eigenvalue weighted by Gasteiger charge is -2.25. The summed E-state index contributed by atoms with van der Waals surface area (Å²) in [5.74, 6) is 0.591. The summed E-state index contributed by atoms with van der Waals surface area (Å²) in [6.45, 7) is 8.48. The summed E-state index contributed by atoms with van der Waals surface area (Å²) < 4.78 is 0. The number of carbonyl (C=O) groups is 2. The molecule has 0 saturated carbocycles. The number of nitrogens with one attached hydrogen (secondary N) is 1. The van der Waals surface area contributed by atoms with Gasteiger partial charge in [-0.1, -0.05) is 45.0 Å². The van der Waals surface area contributed by atoms with Gasteiger partial charge >= 0.3 is 0 Å². The summed E-state index contributed by atoms with van der Waals surface area (Å²) in [5, 5.41) is 2.91. The number of benzene rings is 1. The zero-order chi connectivity index (χ0) is 19.3. The van der Waals surface area contributed by atoms with Crippen molar-refractivity contribution in [1.29, 1.82) is 0 Å². The van der Waals surface area contributed by atoms with Gasteiger partial charge in [-0.2, -0.15) is 0 Å². The molecule has 1 atom stereocenters. The highest BCUT2D eigenvalue weighted by molar-refractivity contribution is 8.00. The molecule has 2 amide bonds. The summed E-state index contributed by atoms with van der Waals surface area (Å²) in [5.41, 5.74) is 2.52. The van der Waals surface area contributed by atoms with Gasteiger partial charge in [-0.15, -0.1) is 11.8 Å². The van der Waals surface area contributed by atoms with Crippen molar-refractivity contribution in [3.05, 3.63) is 35.4 Å². The van der Waals surface area contributed by atoms with Crippen LogP contribution in [-0.4, -0.2) is 61.1 Å². The van der Waals surface area contributed by atoms with E-state index in [0.717, 1.165) is 12.1 Å². The Bertz CT molecular complexity index is 623. The molecule has 144 valence electrons. The van der Waals surface area contributed by atoms with E-state index in [1.807, 2.05) is 23.9 Å². The zero-order valence-corrected chi connectivity index (χ0v) is 17.4. The number of likely N-dealkylation sites (N-methyl/N-ethyl adjacent to an activating group) is 1. The Kier molecular flexibility index (Phi) is 7.12. The first kappa shape index (κ1) is 20.8. The minimum Gasteiger partial charge on any atom is -0.355 e. The first-order valence-corrected chi connectivity index (χ1v) is 10.2. The molecular formula is C20H31N3O2S. The summed E-state index contributed by atoms with van der Waals surface area (Å²) in [7, 11) is 3.95. The largest absolute Gasteiger partial charge is 0.355 e. The van der Waals surface area contributed by atoms with Crippen LogP contribution in [0.15, 0.2) is 24.3 Å². The Hall–Kier alpha value is -1.53. The van der Waals surface area contributed by atoms with E-state index >= 15 is 0 Å². The SMILES string of the molecule is CN(C)CCNC(=O)CCN1C(=O)CS[C@H]1c1ccc(C(C)(C)C)cc1. The van der Waals surface area contributed by atoms with E-state index < -0.39 is 0 Å². The van der Waals surface area contributed by atoms with Gasteiger partial charge in [0, 0.05) is 26.1 Å². The zero-order valence-electron chi connectivity index (χ0n) is 16.5. The highest BCUT2D eigenvalue weighted by Gasteiger charge is 2.33. The molecule has 0 radical (unpaired) electrons. The van der Waals surface area contributed by atoms with Crippen LogP contribution in [0.3, 0.4) is 0 Å². The van der Waals surface area contributed by atoms with Gasteiger partial charge in [-0.05, 0) is 30.6 Å². The summed E-state index contributed by atoms with van der Waals surface area (Å²) >= 11 is 1.64. The predicted molar refractivity (Wildman–Crippen MR) is 108 cm³/mol. The molecule has 1 N–H and O–H groups in total. The molecule has 0 spiro atoms. The van der Waals surface area contributed by atoms with Crippen molar-refractivity contribution < 1.29 is 9.59 Å². The average molecular weight is 378 g/mol. The minimum absolute atomic E-state index is 0.00150. The molecule has 0 bridgehead atoms. The third kappa shape index (κ3) is 5.74. The second-order valence-corrected chi connectivity index (χ2v) is 9.09. The van der Waals surface area contributed by atoms with E-state index in [2.05, 4.69) is 50.4 Å². The van der Waals surface area contributed by atoms with E-state index in [1.54, 1.807) is 11.8 Å². The van der Waals surface area contributed by atoms with E-state index in [9.17, 15) is 9.59 Å². The molecule has 0 aliphatic carbocycles. The molecule has 1 saturated heterocycles. The number of rotatable bonds is 7. The normalized spacial score (nSPS) is 17.8. The maximum absolute atomic E-state index is 12.3. The molecule has 1 aliphatic heterocycles. The van der Waals surface area contributed by atoms with Crippen molar-refractivity contribution in [2.45, 2.75) is 38.0 Å². The standard InChI is InChI=1S/C20H31N3O2S/c1-20(2,3)16-8-6-15(7-9-16)19-23(18(25)14-26-19)12-10-17(24)21-11-13-22(4)5/h6-9,19H,10-14H2,1-5H3,(H,21,24)/t19-/m0/s1. The Morgan fingerprint density at radius 1 is 1.27 bits per heavy atom. The fourth-order valence-corrected chi connectivity index (χ4v) is 4.07. The average Bonchev–Trinajstić information content (AvgIpc) is 2.92. The summed E-state index contributed by atoms with van der Waals surface area (Å²) in [4.78, 5) is 28.1. The highest BCUT2D eigenvalue weighted by atomic mass is 32.2. The van der Waals surface area contributed by atoms with Gasteiger partial charge in [0.15, 0.2) is 0 Å². The van der Waals surface area contributed by atoms with E-state index in [0.29, 0.717) is 25.3 Å². The Morgan fingerprint density at radius 3 is 2.50 bits per heavy atom. The Balaban J connectivity index is 1.94. The molecule has 2 rings (SSSR count). The van der Waals surface area contributed by atoms with Crippen molar-refractivity contribution in [1.82, 2.24) is 15.1 Å². The molecule has 1 aromatic carbocycles. The summed E-state index contributed by atoms with van der Waals surface area (Å²) in [6, 6.07) is 8.51. The first-order valence-electron chi connectivity index (χ1n) is 9.11. The van der Waals surface area contributed by atoms with Crippen molar-refractivity contribution in [3.63, 3.8) is 0 Å². The summed E-state index contributed by atoms with van der Waals surface area (Å²) in [6.07, 6.45) is 0.344. The maximum atomic E-state index is 12.3. The first-order chi connectivity index (χ1) is 12.2. The molecule has 6 heteroatoms. The number of hydrogen-bond acceptors (Lipinski definition) is 4. The van der Waals surface area contributed by atoms with Crippen LogP contribution in [0.2, 0.25) is 0 Å². The predicted octanol–water partition coefficient (Wildman–Crippen LogP) is 2.63. The van der Waals surface area contributed by atoms with E-state index in [-0.39, 0.29) is 22.6 Å². The lowest BCUT2D eigenvalue weighted by molar-refractivity contribution is -0.129.